The molecule has 0 spiro atoms. The maximum Gasteiger partial charge on any atom is 0.274 e. The lowest BCUT2D eigenvalue weighted by Crippen LogP contribution is -2.17. The molecule has 2 N–H and O–H groups in total. The molecule has 2 aromatic rings. The van der Waals surface area contributed by atoms with E-state index in [2.05, 4.69) is 25.5 Å². The normalized spacial score (nSPS) is 10.5. The number of hydrogen-bond donors (Lipinski definition) is 2. The van der Waals surface area contributed by atoms with Gasteiger partial charge in [0.25, 0.3) is 5.91 Å². The third-order valence-electron chi connectivity index (χ3n) is 3.34. The van der Waals surface area contributed by atoms with E-state index in [9.17, 15) is 4.79 Å². The Labute approximate surface area is 142 Å². The number of hydrogen-bond acceptors (Lipinski definition) is 6. The maximum atomic E-state index is 12.4. The highest BCUT2D eigenvalue weighted by atomic mass is 16.5. The lowest BCUT2D eigenvalue weighted by molar-refractivity contribution is 0.102. The van der Waals surface area contributed by atoms with E-state index >= 15 is 0 Å². The molecule has 0 bridgehead atoms. The van der Waals surface area contributed by atoms with Crippen LogP contribution >= 0.6 is 0 Å². The van der Waals surface area contributed by atoms with Crippen molar-refractivity contribution in [2.24, 2.45) is 0 Å². The van der Waals surface area contributed by atoms with Gasteiger partial charge in [-0.3, -0.25) is 4.79 Å². The van der Waals surface area contributed by atoms with Gasteiger partial charge in [-0.15, -0.1) is 0 Å². The molecule has 0 atom stereocenters. The summed E-state index contributed by atoms with van der Waals surface area (Å²) in [6.07, 6.45) is 2.37. The molecular formula is C17H23N5O2. The number of amides is 1. The van der Waals surface area contributed by atoms with Crippen LogP contribution in [0.3, 0.4) is 0 Å². The van der Waals surface area contributed by atoms with Crippen LogP contribution in [0.2, 0.25) is 0 Å². The molecule has 1 heterocycles. The molecule has 0 aliphatic rings. The highest BCUT2D eigenvalue weighted by Gasteiger charge is 2.11. The summed E-state index contributed by atoms with van der Waals surface area (Å²) in [5.41, 5.74) is 0.898. The highest BCUT2D eigenvalue weighted by Crippen LogP contribution is 2.23. The van der Waals surface area contributed by atoms with Gasteiger partial charge in [0, 0.05) is 12.6 Å². The van der Waals surface area contributed by atoms with E-state index in [1.165, 1.54) is 6.33 Å². The summed E-state index contributed by atoms with van der Waals surface area (Å²) in [5.74, 6) is 0.925. The van der Waals surface area contributed by atoms with Crippen molar-refractivity contribution in [3.8, 4) is 5.75 Å². The van der Waals surface area contributed by atoms with Crippen molar-refractivity contribution >= 4 is 17.4 Å². The summed E-state index contributed by atoms with van der Waals surface area (Å²) in [6.45, 7) is 1.77. The minimum Gasteiger partial charge on any atom is -0.495 e. The summed E-state index contributed by atoms with van der Waals surface area (Å²) >= 11 is 0. The van der Waals surface area contributed by atoms with Crippen LogP contribution in [-0.4, -0.2) is 55.1 Å². The summed E-state index contributed by atoms with van der Waals surface area (Å²) in [7, 11) is 5.63. The van der Waals surface area contributed by atoms with Crippen molar-refractivity contribution in [1.82, 2.24) is 14.9 Å². The van der Waals surface area contributed by atoms with Crippen LogP contribution in [0.4, 0.5) is 11.5 Å². The Morgan fingerprint density at radius 1 is 1.25 bits per heavy atom. The highest BCUT2D eigenvalue weighted by molar-refractivity contribution is 6.04. The first kappa shape index (κ1) is 17.7. The molecule has 128 valence electrons. The Balaban J connectivity index is 1.98. The Morgan fingerprint density at radius 2 is 2.04 bits per heavy atom. The number of aromatic nitrogens is 2. The van der Waals surface area contributed by atoms with Gasteiger partial charge in [0.15, 0.2) is 0 Å². The number of para-hydroxylation sites is 2. The fraction of sp³-hybridized carbons (Fsp3) is 0.353. The molecule has 7 nitrogen and oxygen atoms in total. The van der Waals surface area contributed by atoms with Crippen LogP contribution in [0.1, 0.15) is 16.9 Å². The van der Waals surface area contributed by atoms with Crippen molar-refractivity contribution in [2.75, 3.05) is 44.9 Å². The topological polar surface area (TPSA) is 79.4 Å². The van der Waals surface area contributed by atoms with E-state index < -0.39 is 0 Å². The fourth-order valence-electron chi connectivity index (χ4n) is 2.12. The number of carbonyl (C=O) groups is 1. The maximum absolute atomic E-state index is 12.4. The summed E-state index contributed by atoms with van der Waals surface area (Å²) in [4.78, 5) is 22.7. The van der Waals surface area contributed by atoms with Gasteiger partial charge in [-0.25, -0.2) is 9.97 Å². The summed E-state index contributed by atoms with van der Waals surface area (Å²) in [6, 6.07) is 8.87. The molecule has 0 radical (unpaired) electrons. The zero-order valence-electron chi connectivity index (χ0n) is 14.2. The molecule has 1 aromatic carbocycles. The van der Waals surface area contributed by atoms with E-state index in [1.54, 1.807) is 25.3 Å². The van der Waals surface area contributed by atoms with E-state index in [0.717, 1.165) is 19.5 Å². The largest absolute Gasteiger partial charge is 0.495 e. The fourth-order valence-corrected chi connectivity index (χ4v) is 2.12. The number of benzene rings is 1. The predicted octanol–water partition coefficient (Wildman–Crippen LogP) is 2.10. The van der Waals surface area contributed by atoms with Crippen molar-refractivity contribution < 1.29 is 9.53 Å². The zero-order valence-corrected chi connectivity index (χ0v) is 14.2. The number of carbonyl (C=O) groups excluding carboxylic acids is 1. The van der Waals surface area contributed by atoms with Crippen LogP contribution in [0.5, 0.6) is 5.75 Å². The smallest absolute Gasteiger partial charge is 0.274 e. The average molecular weight is 329 g/mol. The Hall–Kier alpha value is -2.67. The molecule has 2 rings (SSSR count). The van der Waals surface area contributed by atoms with Gasteiger partial charge in [0.05, 0.1) is 12.8 Å². The first-order chi connectivity index (χ1) is 11.6. The van der Waals surface area contributed by atoms with E-state index in [0.29, 0.717) is 22.9 Å². The van der Waals surface area contributed by atoms with E-state index in [-0.39, 0.29) is 5.91 Å². The number of anilines is 2. The minimum absolute atomic E-state index is 0.297. The Bertz CT molecular complexity index is 676. The second-order valence-corrected chi connectivity index (χ2v) is 5.53. The minimum atomic E-state index is -0.307. The first-order valence-corrected chi connectivity index (χ1v) is 7.75. The van der Waals surface area contributed by atoms with Gasteiger partial charge in [-0.05, 0) is 39.2 Å². The van der Waals surface area contributed by atoms with Gasteiger partial charge in [0.2, 0.25) is 0 Å². The first-order valence-electron chi connectivity index (χ1n) is 7.75. The molecule has 0 saturated heterocycles. The SMILES string of the molecule is COc1ccccc1NC(=O)c1cc(NCCCN(C)C)ncn1. The van der Waals surface area contributed by atoms with E-state index in [4.69, 9.17) is 4.74 Å². The van der Waals surface area contributed by atoms with Gasteiger partial charge in [-0.1, -0.05) is 12.1 Å². The molecule has 0 saturated carbocycles. The number of ether oxygens (including phenoxy) is 1. The second-order valence-electron chi connectivity index (χ2n) is 5.53. The average Bonchev–Trinajstić information content (AvgIpc) is 2.59. The molecular weight excluding hydrogens is 306 g/mol. The molecule has 0 aliphatic heterocycles. The van der Waals surface area contributed by atoms with Crippen molar-refractivity contribution in [2.45, 2.75) is 6.42 Å². The Morgan fingerprint density at radius 3 is 2.79 bits per heavy atom. The van der Waals surface area contributed by atoms with Crippen LogP contribution in [-0.2, 0) is 0 Å². The predicted molar refractivity (Wildman–Crippen MR) is 94.6 cm³/mol. The lowest BCUT2D eigenvalue weighted by Gasteiger charge is -2.11. The number of nitrogens with one attached hydrogen (secondary N) is 2. The van der Waals surface area contributed by atoms with Gasteiger partial charge in [0.1, 0.15) is 23.6 Å². The van der Waals surface area contributed by atoms with Crippen molar-refractivity contribution in [3.63, 3.8) is 0 Å². The molecule has 0 unspecified atom stereocenters. The Kier molecular flexibility index (Phi) is 6.51. The number of rotatable bonds is 8. The van der Waals surface area contributed by atoms with Crippen LogP contribution in [0, 0.1) is 0 Å². The third-order valence-corrected chi connectivity index (χ3v) is 3.34. The zero-order chi connectivity index (χ0) is 17.4. The van der Waals surface area contributed by atoms with Gasteiger partial charge >= 0.3 is 0 Å². The quantitative estimate of drug-likeness (QED) is 0.722. The van der Waals surface area contributed by atoms with Crippen LogP contribution in [0.25, 0.3) is 0 Å². The molecule has 1 aromatic heterocycles. The standard InChI is InChI=1S/C17H23N5O2/c1-22(2)10-6-9-18-16-11-14(19-12-20-16)17(23)21-13-7-4-5-8-15(13)24-3/h4-5,7-8,11-12H,6,9-10H2,1-3H3,(H,21,23)(H,18,19,20). The molecule has 0 fully saturated rings. The van der Waals surface area contributed by atoms with Gasteiger partial charge < -0.3 is 20.3 Å². The molecule has 7 heteroatoms. The van der Waals surface area contributed by atoms with E-state index in [1.807, 2.05) is 26.2 Å². The summed E-state index contributed by atoms with van der Waals surface area (Å²) < 4.78 is 5.23. The summed E-state index contributed by atoms with van der Waals surface area (Å²) in [5, 5.41) is 6.00. The van der Waals surface area contributed by atoms with Crippen molar-refractivity contribution in [3.05, 3.63) is 42.4 Å². The number of methoxy groups -OCH3 is 1. The lowest BCUT2D eigenvalue weighted by atomic mass is 10.2. The monoisotopic (exact) mass is 329 g/mol. The molecule has 1 amide bonds. The number of nitrogens with zero attached hydrogens (tertiary/aromatic N) is 3. The molecule has 0 aliphatic carbocycles. The van der Waals surface area contributed by atoms with Crippen LogP contribution < -0.4 is 15.4 Å². The van der Waals surface area contributed by atoms with Gasteiger partial charge in [-0.2, -0.15) is 0 Å². The third kappa shape index (κ3) is 5.20. The second kappa shape index (κ2) is 8.83. The van der Waals surface area contributed by atoms with Crippen molar-refractivity contribution in [1.29, 1.82) is 0 Å². The van der Waals surface area contributed by atoms with Crippen LogP contribution in [0.15, 0.2) is 36.7 Å². The molecule has 24 heavy (non-hydrogen) atoms.